The zero-order chi connectivity index (χ0) is 39.8. The van der Waals surface area contributed by atoms with E-state index in [9.17, 15) is 29.0 Å². The minimum absolute atomic E-state index is 0.0116. The van der Waals surface area contributed by atoms with Crippen molar-refractivity contribution in [2.24, 2.45) is 5.73 Å². The maximum atomic E-state index is 14.6. The molecule has 2 aromatic heterocycles. The molecule has 5 N–H and O–H groups in total. The van der Waals surface area contributed by atoms with Gasteiger partial charge in [0.2, 0.25) is 5.60 Å². The highest BCUT2D eigenvalue weighted by Gasteiger charge is 2.62. The lowest BCUT2D eigenvalue weighted by Crippen LogP contribution is -2.49. The fourth-order valence-corrected chi connectivity index (χ4v) is 6.92. The molecular weight excluding hydrogens is 729 g/mol. The summed E-state index contributed by atoms with van der Waals surface area (Å²) in [4.78, 5) is 54.2. The summed E-state index contributed by atoms with van der Waals surface area (Å²) in [5.74, 6) is -2.78. The number of aromatic nitrogens is 3. The number of nitriles is 1. The van der Waals surface area contributed by atoms with Gasteiger partial charge >= 0.3 is 31.6 Å². The molecule has 3 unspecified atom stereocenters. The number of nitrogens with one attached hydrogen (secondary N) is 1. The van der Waals surface area contributed by atoms with Crippen LogP contribution in [0.3, 0.4) is 0 Å². The number of benzene rings is 1. The van der Waals surface area contributed by atoms with Crippen LogP contribution in [0.2, 0.25) is 0 Å². The Morgan fingerprint density at radius 1 is 1.06 bits per heavy atom. The molecule has 7 atom stereocenters. The zero-order valence-electron chi connectivity index (χ0n) is 30.6. The van der Waals surface area contributed by atoms with Crippen LogP contribution < -0.4 is 21.1 Å². The van der Waals surface area contributed by atoms with Crippen molar-refractivity contribution in [2.45, 2.75) is 96.0 Å². The molecule has 54 heavy (non-hydrogen) atoms. The second-order valence-corrected chi connectivity index (χ2v) is 14.2. The number of hydrogen-bond donors (Lipinski definition) is 3. The first kappa shape index (κ1) is 41.6. The van der Waals surface area contributed by atoms with Gasteiger partial charge in [-0.2, -0.15) is 15.4 Å². The second-order valence-electron chi connectivity index (χ2n) is 12.5. The van der Waals surface area contributed by atoms with Crippen LogP contribution in [-0.2, 0) is 58.4 Å². The van der Waals surface area contributed by atoms with Crippen LogP contribution in [0.25, 0.3) is 5.52 Å². The lowest BCUT2D eigenvalue weighted by molar-refractivity contribution is -0.169. The van der Waals surface area contributed by atoms with Crippen LogP contribution in [-0.4, -0.2) is 88.2 Å². The van der Waals surface area contributed by atoms with E-state index in [0.717, 1.165) is 0 Å². The molecule has 3 aromatic rings. The van der Waals surface area contributed by atoms with Crippen LogP contribution in [0.5, 0.6) is 5.75 Å². The van der Waals surface area contributed by atoms with Crippen molar-refractivity contribution in [1.82, 2.24) is 19.7 Å². The van der Waals surface area contributed by atoms with E-state index in [2.05, 4.69) is 19.9 Å². The van der Waals surface area contributed by atoms with Gasteiger partial charge in [-0.05, 0) is 57.0 Å². The number of nitrogens with zero attached hydrogens (tertiary/aromatic N) is 4. The molecule has 19 nitrogen and oxygen atoms in total. The van der Waals surface area contributed by atoms with E-state index in [0.29, 0.717) is 11.1 Å². The molecule has 3 heterocycles. The van der Waals surface area contributed by atoms with Crippen LogP contribution in [0, 0.1) is 11.3 Å². The molecule has 1 aromatic carbocycles. The zero-order valence-corrected chi connectivity index (χ0v) is 31.5. The number of carbonyl (C=O) groups excluding carboxylic acids is 4. The fraction of sp³-hybridized carbons (Fsp3) is 0.500. The number of hydrogen-bond acceptors (Lipinski definition) is 17. The van der Waals surface area contributed by atoms with Gasteiger partial charge < -0.3 is 39.7 Å². The first-order chi connectivity index (χ1) is 25.6. The van der Waals surface area contributed by atoms with Crippen molar-refractivity contribution in [2.75, 3.05) is 19.5 Å². The third kappa shape index (κ3) is 9.70. The van der Waals surface area contributed by atoms with Gasteiger partial charge in [0.05, 0.1) is 18.9 Å². The average molecular weight is 774 g/mol. The highest BCUT2D eigenvalue weighted by atomic mass is 31.2. The van der Waals surface area contributed by atoms with Gasteiger partial charge in [-0.1, -0.05) is 26.0 Å². The summed E-state index contributed by atoms with van der Waals surface area (Å²) >= 11 is 0. The van der Waals surface area contributed by atoms with Gasteiger partial charge in [-0.3, -0.25) is 23.7 Å². The molecular formula is C34H44N7O12P. The molecule has 1 fully saturated rings. The molecule has 0 amide bonds. The van der Waals surface area contributed by atoms with E-state index in [1.54, 1.807) is 45.0 Å². The molecule has 1 saturated heterocycles. The summed E-state index contributed by atoms with van der Waals surface area (Å²) in [7, 11) is -3.46. The minimum atomic E-state index is -4.68. The minimum Gasteiger partial charge on any atom is -0.468 e. The summed E-state index contributed by atoms with van der Waals surface area (Å²) in [6.45, 7) is 6.77. The standard InChI is InChI=1S/C34H44N7O12P/c1-7-26(42)50-29-28(24-13-14-25-31(37)38-18-39-41(24)25)52-34(16-35,30(29)51-27(43)8-2)17-48-54(46,40-20(5)32(44)49-19(3)4)53-22-11-9-21(10-12-22)15-23(36)33(45)47-6/h9-14,18-20,23,28-30H,7-8,15,17,36H2,1-6H3,(H,40,46)(H2,37,38,39)/t20?,23?,28-,29-,30-,34+,54?/m0/s1. The quantitative estimate of drug-likeness (QED) is 0.101. The number of nitrogen functional groups attached to an aromatic ring is 1. The van der Waals surface area contributed by atoms with E-state index in [1.165, 1.54) is 43.9 Å². The predicted octanol–water partition coefficient (Wildman–Crippen LogP) is 2.46. The van der Waals surface area contributed by atoms with E-state index >= 15 is 0 Å². The summed E-state index contributed by atoms with van der Waals surface area (Å²) < 4.78 is 55.4. The summed E-state index contributed by atoms with van der Waals surface area (Å²) in [5, 5.41) is 17.5. The molecule has 0 aliphatic carbocycles. The largest absolute Gasteiger partial charge is 0.468 e. The molecule has 0 saturated carbocycles. The van der Waals surface area contributed by atoms with E-state index in [4.69, 9.17) is 39.5 Å². The third-order valence-electron chi connectivity index (χ3n) is 8.10. The summed E-state index contributed by atoms with van der Waals surface area (Å²) in [6.07, 6.45) is -3.81. The maximum absolute atomic E-state index is 14.6. The Labute approximate surface area is 311 Å². The predicted molar refractivity (Wildman–Crippen MR) is 188 cm³/mol. The van der Waals surface area contributed by atoms with Crippen LogP contribution in [0.15, 0.2) is 42.7 Å². The Balaban J connectivity index is 1.74. The van der Waals surface area contributed by atoms with Gasteiger partial charge in [0.15, 0.2) is 18.0 Å². The van der Waals surface area contributed by atoms with Gasteiger partial charge in [0.1, 0.15) is 48.5 Å². The highest BCUT2D eigenvalue weighted by Crippen LogP contribution is 2.50. The molecule has 0 spiro atoms. The van der Waals surface area contributed by atoms with Gasteiger partial charge in [0, 0.05) is 12.8 Å². The molecule has 292 valence electrons. The van der Waals surface area contributed by atoms with Crippen molar-refractivity contribution < 1.29 is 56.5 Å². The van der Waals surface area contributed by atoms with Crippen LogP contribution in [0.1, 0.15) is 64.8 Å². The summed E-state index contributed by atoms with van der Waals surface area (Å²) in [5.41, 5.74) is 10.8. The number of nitrogens with two attached hydrogens (primary N) is 2. The Bertz CT molecular complexity index is 1920. The Morgan fingerprint density at radius 3 is 2.33 bits per heavy atom. The number of anilines is 1. The summed E-state index contributed by atoms with van der Waals surface area (Å²) in [6, 6.07) is 8.89. The molecule has 4 rings (SSSR count). The molecule has 0 bridgehead atoms. The van der Waals surface area contributed by atoms with Crippen molar-refractivity contribution in [3.05, 3.63) is 54.0 Å². The first-order valence-corrected chi connectivity index (χ1v) is 18.5. The van der Waals surface area contributed by atoms with E-state index in [1.807, 2.05) is 6.07 Å². The average Bonchev–Trinajstić information content (AvgIpc) is 3.70. The van der Waals surface area contributed by atoms with Crippen molar-refractivity contribution in [3.8, 4) is 11.8 Å². The lowest BCUT2D eigenvalue weighted by atomic mass is 9.95. The number of ether oxygens (including phenoxy) is 5. The number of esters is 4. The number of carbonyl (C=O) groups is 4. The van der Waals surface area contributed by atoms with Crippen molar-refractivity contribution >= 4 is 43.0 Å². The number of methoxy groups -OCH3 is 1. The molecule has 20 heteroatoms. The Morgan fingerprint density at radius 2 is 1.72 bits per heavy atom. The van der Waals surface area contributed by atoms with Gasteiger partial charge in [-0.15, -0.1) is 0 Å². The smallest absolute Gasteiger partial charge is 0.459 e. The highest BCUT2D eigenvalue weighted by molar-refractivity contribution is 7.52. The number of rotatable bonds is 17. The van der Waals surface area contributed by atoms with Crippen molar-refractivity contribution in [3.63, 3.8) is 0 Å². The van der Waals surface area contributed by atoms with Crippen LogP contribution in [0.4, 0.5) is 5.82 Å². The van der Waals surface area contributed by atoms with Gasteiger partial charge in [0.25, 0.3) is 0 Å². The van der Waals surface area contributed by atoms with E-state index in [-0.39, 0.29) is 36.5 Å². The monoisotopic (exact) mass is 773 g/mol. The van der Waals surface area contributed by atoms with E-state index < -0.39 is 80.3 Å². The lowest BCUT2D eigenvalue weighted by Gasteiger charge is -2.30. The Kier molecular flexibility index (Phi) is 13.7. The molecule has 1 aliphatic heterocycles. The SMILES string of the molecule is CCC(=O)O[C@H]1[C@H](c2ccc3c(N)ncnn23)O[C@](C#N)(COP(=O)(NC(C)C(=O)OC(C)C)Oc2ccc(CC(N)C(=O)OC)cc2)[C@H]1OC(=O)CC. The topological polar surface area (TPSA) is 268 Å². The van der Waals surface area contributed by atoms with Gasteiger partial charge in [-0.25, -0.2) is 14.1 Å². The number of fused-ring (bicyclic) bond motifs is 1. The first-order valence-electron chi connectivity index (χ1n) is 17.0. The third-order valence-corrected chi connectivity index (χ3v) is 9.73. The van der Waals surface area contributed by atoms with Crippen molar-refractivity contribution in [1.29, 1.82) is 5.26 Å². The normalized spacial score (nSPS) is 21.7. The van der Waals surface area contributed by atoms with Crippen LogP contribution >= 0.6 is 7.75 Å². The molecule has 1 aliphatic rings. The maximum Gasteiger partial charge on any atom is 0.459 e. The Hall–Kier alpha value is -5.12. The second kappa shape index (κ2) is 17.8. The molecule has 0 radical (unpaired) electrons. The fourth-order valence-electron chi connectivity index (χ4n) is 5.40.